The molecule has 2 heterocycles. The average Bonchev–Trinajstić information content (AvgIpc) is 3.05. The Bertz CT molecular complexity index is 1040. The largest absolute Gasteiger partial charge is 0.444 e. The molecule has 0 bridgehead atoms. The third-order valence-electron chi connectivity index (χ3n) is 6.15. The lowest BCUT2D eigenvalue weighted by Gasteiger charge is -2.46. The molecule has 4 rings (SSSR count). The first-order valence-electron chi connectivity index (χ1n) is 11.3. The summed E-state index contributed by atoms with van der Waals surface area (Å²) in [6.07, 6.45) is 2.51. The van der Waals surface area contributed by atoms with E-state index in [4.69, 9.17) is 9.47 Å². The normalized spacial score (nSPS) is 23.1. The van der Waals surface area contributed by atoms with Crippen LogP contribution >= 0.6 is 0 Å². The SMILES string of the molecule is CC(C)(C)OC(=O)N1CC(CO)C[C@@H]2c3cccc4c3c(cn4C(=O)OC(C)(C)C)C[C@H]21. The minimum Gasteiger partial charge on any atom is -0.444 e. The summed E-state index contributed by atoms with van der Waals surface area (Å²) in [5.74, 6) is 0.0487. The lowest BCUT2D eigenvalue weighted by atomic mass is 9.72. The third kappa shape index (κ3) is 4.22. The van der Waals surface area contributed by atoms with Crippen LogP contribution < -0.4 is 0 Å². The predicted octanol–water partition coefficient (Wildman–Crippen LogP) is 4.68. The summed E-state index contributed by atoms with van der Waals surface area (Å²) in [6.45, 7) is 11.6. The summed E-state index contributed by atoms with van der Waals surface area (Å²) >= 11 is 0. The van der Waals surface area contributed by atoms with Crippen LogP contribution in [0.5, 0.6) is 0 Å². The topological polar surface area (TPSA) is 81.0 Å². The Labute approximate surface area is 189 Å². The van der Waals surface area contributed by atoms with E-state index in [2.05, 4.69) is 6.07 Å². The van der Waals surface area contributed by atoms with E-state index in [1.807, 2.05) is 59.9 Å². The smallest absolute Gasteiger partial charge is 0.419 e. The van der Waals surface area contributed by atoms with Gasteiger partial charge in [0.2, 0.25) is 0 Å². The highest BCUT2D eigenvalue weighted by atomic mass is 16.6. The van der Waals surface area contributed by atoms with Crippen molar-refractivity contribution in [1.29, 1.82) is 0 Å². The second kappa shape index (κ2) is 7.80. The van der Waals surface area contributed by atoms with Gasteiger partial charge in [-0.2, -0.15) is 0 Å². The molecule has 1 aliphatic heterocycles. The number of carbonyl (C=O) groups is 2. The molecule has 7 nitrogen and oxygen atoms in total. The first-order valence-corrected chi connectivity index (χ1v) is 11.3. The number of hydrogen-bond donors (Lipinski definition) is 1. The van der Waals surface area contributed by atoms with Crippen molar-refractivity contribution in [3.63, 3.8) is 0 Å². The first kappa shape index (κ1) is 22.6. The van der Waals surface area contributed by atoms with Crippen molar-refractivity contribution < 1.29 is 24.2 Å². The van der Waals surface area contributed by atoms with Crippen molar-refractivity contribution in [3.05, 3.63) is 35.5 Å². The van der Waals surface area contributed by atoms with Crippen LogP contribution in [-0.2, 0) is 15.9 Å². The second-order valence-corrected chi connectivity index (χ2v) is 11.0. The molecule has 1 aliphatic carbocycles. The van der Waals surface area contributed by atoms with Gasteiger partial charge in [0.1, 0.15) is 11.2 Å². The molecule has 1 fully saturated rings. The molecule has 0 spiro atoms. The van der Waals surface area contributed by atoms with E-state index in [-0.39, 0.29) is 30.6 Å². The van der Waals surface area contributed by atoms with Crippen molar-refractivity contribution in [2.24, 2.45) is 5.92 Å². The Morgan fingerprint density at radius 3 is 2.34 bits per heavy atom. The van der Waals surface area contributed by atoms with E-state index in [0.717, 1.165) is 28.5 Å². The number of hydrogen-bond acceptors (Lipinski definition) is 5. The van der Waals surface area contributed by atoms with Gasteiger partial charge in [0.15, 0.2) is 0 Å². The number of carbonyl (C=O) groups excluding carboxylic acids is 2. The molecule has 32 heavy (non-hydrogen) atoms. The number of nitrogens with zero attached hydrogens (tertiary/aromatic N) is 2. The van der Waals surface area contributed by atoms with Crippen molar-refractivity contribution in [1.82, 2.24) is 9.47 Å². The van der Waals surface area contributed by atoms with Crippen LogP contribution in [0.25, 0.3) is 10.9 Å². The van der Waals surface area contributed by atoms with Crippen LogP contribution in [0.2, 0.25) is 0 Å². The van der Waals surface area contributed by atoms with E-state index in [1.54, 1.807) is 9.47 Å². The quantitative estimate of drug-likeness (QED) is 0.693. The van der Waals surface area contributed by atoms with Crippen LogP contribution in [0.3, 0.4) is 0 Å². The van der Waals surface area contributed by atoms with Crippen LogP contribution in [0.15, 0.2) is 24.4 Å². The van der Waals surface area contributed by atoms with Gasteiger partial charge in [-0.25, -0.2) is 9.59 Å². The van der Waals surface area contributed by atoms with E-state index >= 15 is 0 Å². The molecule has 1 amide bonds. The van der Waals surface area contributed by atoms with Crippen molar-refractivity contribution >= 4 is 23.1 Å². The van der Waals surface area contributed by atoms with Gasteiger partial charge in [0.25, 0.3) is 0 Å². The maximum Gasteiger partial charge on any atom is 0.419 e. The maximum atomic E-state index is 13.1. The lowest BCUT2D eigenvalue weighted by molar-refractivity contribution is -0.00700. The molecule has 1 N–H and O–H groups in total. The predicted molar refractivity (Wildman–Crippen MR) is 122 cm³/mol. The zero-order chi connectivity index (χ0) is 23.4. The van der Waals surface area contributed by atoms with Crippen molar-refractivity contribution in [3.8, 4) is 0 Å². The van der Waals surface area contributed by atoms with E-state index < -0.39 is 17.3 Å². The summed E-state index contributed by atoms with van der Waals surface area (Å²) in [5.41, 5.74) is 1.77. The van der Waals surface area contributed by atoms with E-state index in [1.165, 1.54) is 0 Å². The highest BCUT2D eigenvalue weighted by Gasteiger charge is 2.44. The summed E-state index contributed by atoms with van der Waals surface area (Å²) in [7, 11) is 0. The fourth-order valence-corrected chi connectivity index (χ4v) is 5.02. The van der Waals surface area contributed by atoms with Crippen molar-refractivity contribution in [2.45, 2.75) is 77.5 Å². The van der Waals surface area contributed by atoms with E-state index in [9.17, 15) is 14.7 Å². The minimum absolute atomic E-state index is 0.0181. The summed E-state index contributed by atoms with van der Waals surface area (Å²) in [4.78, 5) is 27.8. The van der Waals surface area contributed by atoms with E-state index in [0.29, 0.717) is 13.0 Å². The van der Waals surface area contributed by atoms with Crippen LogP contribution in [-0.4, -0.2) is 57.2 Å². The van der Waals surface area contributed by atoms with Gasteiger partial charge < -0.3 is 19.5 Å². The Hall–Kier alpha value is -2.54. The fourth-order valence-electron chi connectivity index (χ4n) is 5.02. The Balaban J connectivity index is 1.76. The van der Waals surface area contributed by atoms with Gasteiger partial charge in [-0.3, -0.25) is 4.57 Å². The molecule has 7 heteroatoms. The molecule has 2 aromatic rings. The van der Waals surface area contributed by atoms with Crippen molar-refractivity contribution in [2.75, 3.05) is 13.2 Å². The fraction of sp³-hybridized carbons (Fsp3) is 0.600. The third-order valence-corrected chi connectivity index (χ3v) is 6.15. The maximum absolute atomic E-state index is 13.1. The average molecular weight is 443 g/mol. The number of ether oxygens (including phenoxy) is 2. The van der Waals surface area contributed by atoms with Gasteiger partial charge in [0.05, 0.1) is 5.52 Å². The lowest BCUT2D eigenvalue weighted by Crippen LogP contribution is -2.54. The zero-order valence-electron chi connectivity index (χ0n) is 19.8. The molecule has 1 aromatic heterocycles. The molecule has 1 aromatic carbocycles. The van der Waals surface area contributed by atoms with Gasteiger partial charge in [0, 0.05) is 42.6 Å². The highest BCUT2D eigenvalue weighted by Crippen LogP contribution is 2.45. The molecule has 0 saturated carbocycles. The molecule has 3 atom stereocenters. The van der Waals surface area contributed by atoms with Gasteiger partial charge >= 0.3 is 12.2 Å². The standard InChI is InChI=1S/C25H34N2O5/c1-24(2,3)31-22(29)26-12-15(14-28)10-18-17-8-7-9-19-21(17)16(11-20(18)26)13-27(19)23(30)32-25(4,5)6/h7-9,13,15,18,20,28H,10-12,14H2,1-6H3/t15?,18-,20-/m1/s1. The number of aromatic nitrogens is 1. The number of aliphatic hydroxyl groups is 1. The second-order valence-electron chi connectivity index (χ2n) is 11.0. The Morgan fingerprint density at radius 1 is 1.06 bits per heavy atom. The first-order chi connectivity index (χ1) is 14.9. The molecule has 1 saturated heterocycles. The summed E-state index contributed by atoms with van der Waals surface area (Å²) < 4.78 is 12.9. The summed E-state index contributed by atoms with van der Waals surface area (Å²) in [6, 6.07) is 5.88. The summed E-state index contributed by atoms with van der Waals surface area (Å²) in [5, 5.41) is 11.0. The number of piperidine rings is 1. The minimum atomic E-state index is -0.599. The number of likely N-dealkylation sites (tertiary alicyclic amines) is 1. The number of benzene rings is 1. The van der Waals surface area contributed by atoms with Gasteiger partial charge in [-0.05, 0) is 71.6 Å². The highest BCUT2D eigenvalue weighted by molar-refractivity contribution is 5.95. The van der Waals surface area contributed by atoms with Gasteiger partial charge in [-0.15, -0.1) is 0 Å². The molecule has 174 valence electrons. The van der Waals surface area contributed by atoms with Crippen LogP contribution in [0.1, 0.15) is 65.0 Å². The zero-order valence-corrected chi connectivity index (χ0v) is 19.8. The van der Waals surface area contributed by atoms with Gasteiger partial charge in [-0.1, -0.05) is 12.1 Å². The van der Waals surface area contributed by atoms with Crippen LogP contribution in [0.4, 0.5) is 9.59 Å². The monoisotopic (exact) mass is 442 g/mol. The number of aliphatic hydroxyl groups excluding tert-OH is 1. The molecule has 2 aliphatic rings. The van der Waals surface area contributed by atoms with Crippen LogP contribution in [0, 0.1) is 5.92 Å². The number of fused-ring (bicyclic) bond motifs is 2. The molecule has 1 unspecified atom stereocenters. The Morgan fingerprint density at radius 2 is 1.72 bits per heavy atom. The number of rotatable bonds is 1. The number of amides is 1. The molecule has 0 radical (unpaired) electrons. The molecular formula is C25H34N2O5. The Kier molecular flexibility index (Phi) is 5.52. The molecular weight excluding hydrogens is 408 g/mol.